The van der Waals surface area contributed by atoms with Crippen molar-refractivity contribution in [2.24, 2.45) is 11.3 Å². The molecule has 0 aromatic heterocycles. The Morgan fingerprint density at radius 3 is 2.29 bits per heavy atom. The Morgan fingerprint density at radius 2 is 1.79 bits per heavy atom. The second kappa shape index (κ2) is 7.28. The van der Waals surface area contributed by atoms with Gasteiger partial charge < -0.3 is 5.11 Å². The highest BCUT2D eigenvalue weighted by Gasteiger charge is 2.14. The molecule has 86 valence electrons. The number of unbranched alkanes of at least 4 members (excludes halogenated alkanes) is 1. The van der Waals surface area contributed by atoms with Crippen LogP contribution >= 0.6 is 0 Å². The van der Waals surface area contributed by atoms with E-state index in [0.717, 1.165) is 6.42 Å². The van der Waals surface area contributed by atoms with Gasteiger partial charge >= 0.3 is 0 Å². The molecule has 0 rings (SSSR count). The predicted molar refractivity (Wildman–Crippen MR) is 63.4 cm³/mol. The Balaban J connectivity index is 3.37. The first kappa shape index (κ1) is 14.0. The summed E-state index contributed by atoms with van der Waals surface area (Å²) in [6.07, 6.45) is 7.53. The minimum absolute atomic E-state index is 0.349. The molecule has 0 fully saturated rings. The van der Waals surface area contributed by atoms with Crippen LogP contribution in [0.25, 0.3) is 0 Å². The van der Waals surface area contributed by atoms with E-state index in [1.54, 1.807) is 0 Å². The van der Waals surface area contributed by atoms with Gasteiger partial charge in [0.1, 0.15) is 0 Å². The van der Waals surface area contributed by atoms with Crippen LogP contribution in [0, 0.1) is 11.3 Å². The standard InChI is InChI=1S/C13H28O/c1-5-13(3,4)10-7-6-8-12(2)9-11-14/h12,14H,5-11H2,1-4H3. The van der Waals surface area contributed by atoms with E-state index >= 15 is 0 Å². The maximum absolute atomic E-state index is 8.76. The van der Waals surface area contributed by atoms with Crippen molar-refractivity contribution >= 4 is 0 Å². The molecular formula is C13H28O. The van der Waals surface area contributed by atoms with Crippen LogP contribution in [-0.4, -0.2) is 11.7 Å². The smallest absolute Gasteiger partial charge is 0.0433 e. The monoisotopic (exact) mass is 200 g/mol. The van der Waals surface area contributed by atoms with Crippen LogP contribution in [-0.2, 0) is 0 Å². The molecule has 0 aromatic rings. The van der Waals surface area contributed by atoms with Crippen molar-refractivity contribution in [3.05, 3.63) is 0 Å². The normalized spacial score (nSPS) is 14.4. The number of aliphatic hydroxyl groups excluding tert-OH is 1. The lowest BCUT2D eigenvalue weighted by molar-refractivity contribution is 0.252. The largest absolute Gasteiger partial charge is 0.396 e. The van der Waals surface area contributed by atoms with Crippen LogP contribution in [0.5, 0.6) is 0 Å². The molecule has 1 N–H and O–H groups in total. The van der Waals surface area contributed by atoms with Crippen molar-refractivity contribution < 1.29 is 5.11 Å². The Bertz CT molecular complexity index is 129. The van der Waals surface area contributed by atoms with E-state index in [9.17, 15) is 0 Å². The zero-order chi connectivity index (χ0) is 11.0. The predicted octanol–water partition coefficient (Wildman–Crippen LogP) is 4.00. The van der Waals surface area contributed by atoms with Gasteiger partial charge in [-0.25, -0.2) is 0 Å². The third-order valence-corrected chi connectivity index (χ3v) is 3.38. The lowest BCUT2D eigenvalue weighted by Gasteiger charge is -2.22. The summed E-state index contributed by atoms with van der Waals surface area (Å²) < 4.78 is 0. The fourth-order valence-corrected chi connectivity index (χ4v) is 1.64. The van der Waals surface area contributed by atoms with Gasteiger partial charge in [0.2, 0.25) is 0 Å². The van der Waals surface area contributed by atoms with Crippen molar-refractivity contribution in [3.8, 4) is 0 Å². The van der Waals surface area contributed by atoms with Gasteiger partial charge in [0.15, 0.2) is 0 Å². The fourth-order valence-electron chi connectivity index (χ4n) is 1.64. The maximum atomic E-state index is 8.76. The molecule has 0 heterocycles. The van der Waals surface area contributed by atoms with Crippen molar-refractivity contribution in [1.29, 1.82) is 0 Å². The molecule has 1 nitrogen and oxygen atoms in total. The molecule has 1 atom stereocenters. The summed E-state index contributed by atoms with van der Waals surface area (Å²) in [6, 6.07) is 0. The molecule has 0 aliphatic rings. The highest BCUT2D eigenvalue weighted by molar-refractivity contribution is 4.66. The number of rotatable bonds is 8. The first-order valence-electron chi connectivity index (χ1n) is 6.12. The van der Waals surface area contributed by atoms with Crippen LogP contribution in [0.15, 0.2) is 0 Å². The van der Waals surface area contributed by atoms with Crippen molar-refractivity contribution in [3.63, 3.8) is 0 Å². The average Bonchev–Trinajstić information content (AvgIpc) is 2.13. The molecule has 0 saturated heterocycles. The van der Waals surface area contributed by atoms with Gasteiger partial charge in [0, 0.05) is 6.61 Å². The van der Waals surface area contributed by atoms with Crippen molar-refractivity contribution in [2.45, 2.75) is 66.2 Å². The average molecular weight is 200 g/mol. The highest BCUT2D eigenvalue weighted by Crippen LogP contribution is 2.27. The number of aliphatic hydroxyl groups is 1. The van der Waals surface area contributed by atoms with Crippen LogP contribution in [0.3, 0.4) is 0 Å². The minimum atomic E-state index is 0.349. The number of hydrogen-bond donors (Lipinski definition) is 1. The molecule has 0 aliphatic carbocycles. The summed E-state index contributed by atoms with van der Waals surface area (Å²) in [5.41, 5.74) is 0.528. The summed E-state index contributed by atoms with van der Waals surface area (Å²) >= 11 is 0. The minimum Gasteiger partial charge on any atom is -0.396 e. The van der Waals surface area contributed by atoms with Gasteiger partial charge in [-0.2, -0.15) is 0 Å². The highest BCUT2D eigenvalue weighted by atomic mass is 16.3. The molecule has 1 heteroatoms. The van der Waals surface area contributed by atoms with Crippen LogP contribution in [0.2, 0.25) is 0 Å². The van der Waals surface area contributed by atoms with E-state index in [1.807, 2.05) is 0 Å². The zero-order valence-corrected chi connectivity index (χ0v) is 10.5. The third-order valence-electron chi connectivity index (χ3n) is 3.38. The van der Waals surface area contributed by atoms with Gasteiger partial charge in [0.25, 0.3) is 0 Å². The third kappa shape index (κ3) is 7.37. The van der Waals surface area contributed by atoms with Crippen LogP contribution < -0.4 is 0 Å². The molecule has 0 aromatic carbocycles. The van der Waals surface area contributed by atoms with Gasteiger partial charge in [-0.15, -0.1) is 0 Å². The Kier molecular flexibility index (Phi) is 7.26. The Morgan fingerprint density at radius 1 is 1.14 bits per heavy atom. The van der Waals surface area contributed by atoms with Gasteiger partial charge in [-0.1, -0.05) is 53.4 Å². The SMILES string of the molecule is CCC(C)(C)CCCCC(C)CCO. The van der Waals surface area contributed by atoms with Crippen molar-refractivity contribution in [1.82, 2.24) is 0 Å². The quantitative estimate of drug-likeness (QED) is 0.587. The molecule has 0 amide bonds. The van der Waals surface area contributed by atoms with Gasteiger partial charge in [-0.05, 0) is 24.2 Å². The van der Waals surface area contributed by atoms with Gasteiger partial charge in [0.05, 0.1) is 0 Å². The zero-order valence-electron chi connectivity index (χ0n) is 10.5. The summed E-state index contributed by atoms with van der Waals surface area (Å²) in [5, 5.41) is 8.76. The molecular weight excluding hydrogens is 172 g/mol. The van der Waals surface area contributed by atoms with Crippen LogP contribution in [0.4, 0.5) is 0 Å². The molecule has 0 radical (unpaired) electrons. The summed E-state index contributed by atoms with van der Waals surface area (Å²) in [7, 11) is 0. The first-order chi connectivity index (χ1) is 6.52. The molecule has 1 unspecified atom stereocenters. The number of hydrogen-bond acceptors (Lipinski definition) is 1. The summed E-state index contributed by atoms with van der Waals surface area (Å²) in [6.45, 7) is 9.56. The van der Waals surface area contributed by atoms with Crippen molar-refractivity contribution in [2.75, 3.05) is 6.61 Å². The van der Waals surface area contributed by atoms with E-state index < -0.39 is 0 Å². The lowest BCUT2D eigenvalue weighted by Crippen LogP contribution is -2.09. The molecule has 0 spiro atoms. The first-order valence-corrected chi connectivity index (χ1v) is 6.12. The van der Waals surface area contributed by atoms with Crippen LogP contribution in [0.1, 0.15) is 66.2 Å². The van der Waals surface area contributed by atoms with E-state index in [4.69, 9.17) is 5.11 Å². The molecule has 0 aliphatic heterocycles. The Hall–Kier alpha value is -0.0400. The van der Waals surface area contributed by atoms with E-state index in [1.165, 1.54) is 32.1 Å². The van der Waals surface area contributed by atoms with E-state index in [2.05, 4.69) is 27.7 Å². The summed E-state index contributed by atoms with van der Waals surface area (Å²) in [5.74, 6) is 0.699. The second-order valence-corrected chi connectivity index (χ2v) is 5.38. The summed E-state index contributed by atoms with van der Waals surface area (Å²) in [4.78, 5) is 0. The van der Waals surface area contributed by atoms with E-state index in [-0.39, 0.29) is 0 Å². The molecule has 14 heavy (non-hydrogen) atoms. The molecule has 0 saturated carbocycles. The topological polar surface area (TPSA) is 20.2 Å². The maximum Gasteiger partial charge on any atom is 0.0433 e. The van der Waals surface area contributed by atoms with E-state index in [0.29, 0.717) is 17.9 Å². The lowest BCUT2D eigenvalue weighted by atomic mass is 9.84. The second-order valence-electron chi connectivity index (χ2n) is 5.38. The van der Waals surface area contributed by atoms with Gasteiger partial charge in [-0.3, -0.25) is 0 Å². The fraction of sp³-hybridized carbons (Fsp3) is 1.00. The molecule has 0 bridgehead atoms. The Labute approximate surface area is 89.9 Å².